The zero-order valence-electron chi connectivity index (χ0n) is 14.3. The Hall–Kier alpha value is -3.52. The first kappa shape index (κ1) is 16.9. The number of thiazole rings is 1. The second-order valence-corrected chi connectivity index (χ2v) is 6.62. The molecule has 0 spiro atoms. The van der Waals surface area contributed by atoms with Crippen LogP contribution >= 0.6 is 11.3 Å². The summed E-state index contributed by atoms with van der Waals surface area (Å²) in [4.78, 5) is 34.2. The van der Waals surface area contributed by atoms with Crippen molar-refractivity contribution in [3.05, 3.63) is 71.8 Å². The van der Waals surface area contributed by atoms with Crippen LogP contribution in [0.15, 0.2) is 61.2 Å². The molecular formula is C19H14N6OS. The van der Waals surface area contributed by atoms with Crippen molar-refractivity contribution >= 4 is 23.2 Å². The fraction of sp³-hybridized carbons (Fsp3) is 0.0526. The zero-order chi connectivity index (χ0) is 18.6. The molecule has 0 saturated carbocycles. The highest BCUT2D eigenvalue weighted by molar-refractivity contribution is 7.17. The summed E-state index contributed by atoms with van der Waals surface area (Å²) >= 11 is 1.24. The third-order valence-electron chi connectivity index (χ3n) is 3.74. The normalized spacial score (nSPS) is 10.6. The van der Waals surface area contributed by atoms with Crippen LogP contribution in [0.2, 0.25) is 0 Å². The number of carbonyl (C=O) groups is 1. The van der Waals surface area contributed by atoms with E-state index in [2.05, 4.69) is 30.2 Å². The van der Waals surface area contributed by atoms with Crippen molar-refractivity contribution in [1.82, 2.24) is 24.9 Å². The second-order valence-electron chi connectivity index (χ2n) is 5.62. The average Bonchev–Trinajstić information content (AvgIpc) is 3.12. The van der Waals surface area contributed by atoms with Gasteiger partial charge in [-0.15, -0.1) is 11.3 Å². The van der Waals surface area contributed by atoms with Crippen LogP contribution in [-0.4, -0.2) is 30.8 Å². The lowest BCUT2D eigenvalue weighted by molar-refractivity contribution is 0.102. The molecule has 1 amide bonds. The Morgan fingerprint density at radius 1 is 0.926 bits per heavy atom. The van der Waals surface area contributed by atoms with Crippen LogP contribution in [0, 0.1) is 6.92 Å². The van der Waals surface area contributed by atoms with E-state index < -0.39 is 0 Å². The molecule has 0 aliphatic heterocycles. The Bertz CT molecular complexity index is 1060. The van der Waals surface area contributed by atoms with E-state index >= 15 is 0 Å². The van der Waals surface area contributed by atoms with Gasteiger partial charge in [-0.1, -0.05) is 30.3 Å². The summed E-state index contributed by atoms with van der Waals surface area (Å²) in [5, 5.41) is 3.31. The Labute approximate surface area is 159 Å². The van der Waals surface area contributed by atoms with Crippen LogP contribution < -0.4 is 5.32 Å². The summed E-state index contributed by atoms with van der Waals surface area (Å²) in [6.07, 6.45) is 6.64. The number of benzene rings is 1. The monoisotopic (exact) mass is 374 g/mol. The highest BCUT2D eigenvalue weighted by Gasteiger charge is 2.18. The van der Waals surface area contributed by atoms with Crippen LogP contribution in [0.4, 0.5) is 5.95 Å². The first-order valence-electron chi connectivity index (χ1n) is 8.14. The van der Waals surface area contributed by atoms with E-state index in [1.54, 1.807) is 37.8 Å². The van der Waals surface area contributed by atoms with Crippen molar-refractivity contribution in [1.29, 1.82) is 0 Å². The molecule has 8 heteroatoms. The van der Waals surface area contributed by atoms with Crippen molar-refractivity contribution in [2.24, 2.45) is 0 Å². The second kappa shape index (κ2) is 7.38. The van der Waals surface area contributed by atoms with Gasteiger partial charge in [0, 0.05) is 30.4 Å². The van der Waals surface area contributed by atoms with E-state index in [0.717, 1.165) is 11.1 Å². The number of amides is 1. The topological polar surface area (TPSA) is 93.5 Å². The van der Waals surface area contributed by atoms with E-state index in [0.29, 0.717) is 21.4 Å². The molecule has 7 nitrogen and oxygen atoms in total. The van der Waals surface area contributed by atoms with Crippen LogP contribution in [0.1, 0.15) is 15.4 Å². The predicted molar refractivity (Wildman–Crippen MR) is 103 cm³/mol. The third-order valence-corrected chi connectivity index (χ3v) is 4.90. The fourth-order valence-corrected chi connectivity index (χ4v) is 3.35. The molecule has 0 aliphatic rings. The number of nitrogens with zero attached hydrogens (tertiary/aromatic N) is 5. The Kier molecular flexibility index (Phi) is 4.63. The maximum absolute atomic E-state index is 12.6. The number of hydrogen-bond acceptors (Lipinski definition) is 7. The molecule has 3 aromatic heterocycles. The number of anilines is 1. The summed E-state index contributed by atoms with van der Waals surface area (Å²) < 4.78 is 0. The fourth-order valence-electron chi connectivity index (χ4n) is 2.44. The highest BCUT2D eigenvalue weighted by Crippen LogP contribution is 2.25. The van der Waals surface area contributed by atoms with Crippen molar-refractivity contribution in [2.45, 2.75) is 6.92 Å². The predicted octanol–water partition coefficient (Wildman–Crippen LogP) is 3.62. The van der Waals surface area contributed by atoms with Gasteiger partial charge in [-0.2, -0.15) is 0 Å². The number of aryl methyl sites for hydroxylation is 1. The smallest absolute Gasteiger partial charge is 0.270 e. The van der Waals surface area contributed by atoms with Gasteiger partial charge in [0.25, 0.3) is 5.91 Å². The largest absolute Gasteiger partial charge is 0.290 e. The minimum atomic E-state index is -0.306. The van der Waals surface area contributed by atoms with Crippen molar-refractivity contribution in [3.8, 4) is 22.0 Å². The quantitative estimate of drug-likeness (QED) is 0.586. The minimum Gasteiger partial charge on any atom is -0.290 e. The minimum absolute atomic E-state index is 0.241. The van der Waals surface area contributed by atoms with Gasteiger partial charge in [-0.05, 0) is 18.6 Å². The molecule has 1 aromatic carbocycles. The standard InChI is InChI=1S/C19H14N6OS/c1-12-15(27-18(24-12)16-20-8-5-9-21-16)17(26)25-19-22-10-14(11-23-19)13-6-3-2-4-7-13/h2-11H,1H3,(H,22,23,25,26). The summed E-state index contributed by atoms with van der Waals surface area (Å²) in [5.41, 5.74) is 2.51. The lowest BCUT2D eigenvalue weighted by Gasteiger charge is -2.04. The molecule has 0 saturated heterocycles. The molecule has 0 bridgehead atoms. The maximum Gasteiger partial charge on any atom is 0.270 e. The van der Waals surface area contributed by atoms with Gasteiger partial charge in [0.15, 0.2) is 10.8 Å². The molecule has 4 rings (SSSR count). The lowest BCUT2D eigenvalue weighted by Crippen LogP contribution is -2.13. The first-order valence-corrected chi connectivity index (χ1v) is 8.96. The SMILES string of the molecule is Cc1nc(-c2ncccn2)sc1C(=O)Nc1ncc(-c2ccccc2)cn1. The lowest BCUT2D eigenvalue weighted by atomic mass is 10.1. The highest BCUT2D eigenvalue weighted by atomic mass is 32.1. The Morgan fingerprint density at radius 2 is 1.63 bits per heavy atom. The maximum atomic E-state index is 12.6. The summed E-state index contributed by atoms with van der Waals surface area (Å²) in [5.74, 6) is 0.428. The number of hydrogen-bond donors (Lipinski definition) is 1. The number of aromatic nitrogens is 5. The van der Waals surface area contributed by atoms with E-state index in [9.17, 15) is 4.79 Å². The van der Waals surface area contributed by atoms with E-state index in [-0.39, 0.29) is 11.9 Å². The van der Waals surface area contributed by atoms with Crippen LogP contribution in [0.5, 0.6) is 0 Å². The molecular weight excluding hydrogens is 360 g/mol. The zero-order valence-corrected chi connectivity index (χ0v) is 15.1. The summed E-state index contributed by atoms with van der Waals surface area (Å²) in [6, 6.07) is 11.5. The molecule has 3 heterocycles. The average molecular weight is 374 g/mol. The van der Waals surface area contributed by atoms with Crippen molar-refractivity contribution in [2.75, 3.05) is 5.32 Å². The molecule has 4 aromatic rings. The molecule has 27 heavy (non-hydrogen) atoms. The third kappa shape index (κ3) is 3.70. The van der Waals surface area contributed by atoms with Crippen molar-refractivity contribution < 1.29 is 4.79 Å². The van der Waals surface area contributed by atoms with Gasteiger partial charge < -0.3 is 0 Å². The van der Waals surface area contributed by atoms with Crippen molar-refractivity contribution in [3.63, 3.8) is 0 Å². The Balaban J connectivity index is 1.52. The molecule has 0 fully saturated rings. The van der Waals surface area contributed by atoms with Gasteiger partial charge >= 0.3 is 0 Å². The van der Waals surface area contributed by atoms with Crippen LogP contribution in [0.3, 0.4) is 0 Å². The summed E-state index contributed by atoms with van der Waals surface area (Å²) in [7, 11) is 0. The van der Waals surface area contributed by atoms with E-state index in [1.807, 2.05) is 30.3 Å². The molecule has 0 radical (unpaired) electrons. The number of carbonyl (C=O) groups excluding carboxylic acids is 1. The van der Waals surface area contributed by atoms with Gasteiger partial charge in [0.05, 0.1) is 5.69 Å². The van der Waals surface area contributed by atoms with Crippen LogP contribution in [-0.2, 0) is 0 Å². The van der Waals surface area contributed by atoms with Gasteiger partial charge in [0.1, 0.15) is 4.88 Å². The molecule has 0 unspecified atom stereocenters. The van der Waals surface area contributed by atoms with Gasteiger partial charge in [-0.25, -0.2) is 24.9 Å². The summed E-state index contributed by atoms with van der Waals surface area (Å²) in [6.45, 7) is 1.78. The molecule has 0 aliphatic carbocycles. The molecule has 1 N–H and O–H groups in total. The number of rotatable bonds is 4. The molecule has 0 atom stereocenters. The Morgan fingerprint density at radius 3 is 2.33 bits per heavy atom. The van der Waals surface area contributed by atoms with Gasteiger partial charge in [0.2, 0.25) is 5.95 Å². The molecule has 132 valence electrons. The first-order chi connectivity index (χ1) is 13.2. The van der Waals surface area contributed by atoms with E-state index in [1.165, 1.54) is 11.3 Å². The van der Waals surface area contributed by atoms with Gasteiger partial charge in [-0.3, -0.25) is 10.1 Å². The number of nitrogens with one attached hydrogen (secondary N) is 1. The van der Waals surface area contributed by atoms with E-state index in [4.69, 9.17) is 0 Å². The van der Waals surface area contributed by atoms with Crippen LogP contribution in [0.25, 0.3) is 22.0 Å².